The predicted molar refractivity (Wildman–Crippen MR) is 123 cm³/mol. The van der Waals surface area contributed by atoms with Crippen LogP contribution in [0.25, 0.3) is 22.4 Å². The molecule has 0 aliphatic carbocycles. The van der Waals surface area contributed by atoms with Gasteiger partial charge in [-0.2, -0.15) is 4.98 Å². The topological polar surface area (TPSA) is 85.5 Å². The van der Waals surface area contributed by atoms with Gasteiger partial charge in [-0.3, -0.25) is 0 Å². The predicted octanol–water partition coefficient (Wildman–Crippen LogP) is 3.79. The fourth-order valence-corrected chi connectivity index (χ4v) is 4.90. The standard InChI is InChI=1S/C24H30FN5O3/c1-14-19-11-18(31-3)12-20(25)22(19)28-23(21(14)24-26-15(2)29-33-24)30-8-6-16(7-9-30)27-17-5-4-10-32-13-17/h11-12,16-17,27H,4-10,13H2,1-3H3/t17-/m1/s1. The van der Waals surface area contributed by atoms with Crippen molar-refractivity contribution in [2.45, 2.75) is 51.6 Å². The van der Waals surface area contributed by atoms with Crippen LogP contribution in [0.3, 0.4) is 0 Å². The van der Waals surface area contributed by atoms with Gasteiger partial charge in [0.05, 0.1) is 19.3 Å². The van der Waals surface area contributed by atoms with Gasteiger partial charge in [0.1, 0.15) is 17.1 Å². The van der Waals surface area contributed by atoms with Crippen LogP contribution in [-0.2, 0) is 4.74 Å². The van der Waals surface area contributed by atoms with Gasteiger partial charge in [0.25, 0.3) is 5.89 Å². The number of hydrogen-bond acceptors (Lipinski definition) is 8. The van der Waals surface area contributed by atoms with Crippen molar-refractivity contribution >= 4 is 16.7 Å². The van der Waals surface area contributed by atoms with Gasteiger partial charge in [0.15, 0.2) is 11.6 Å². The van der Waals surface area contributed by atoms with Crippen molar-refractivity contribution in [2.75, 3.05) is 38.3 Å². The summed E-state index contributed by atoms with van der Waals surface area (Å²) in [7, 11) is 1.53. The zero-order chi connectivity index (χ0) is 22.9. The lowest BCUT2D eigenvalue weighted by Gasteiger charge is -2.36. The van der Waals surface area contributed by atoms with Crippen molar-refractivity contribution < 1.29 is 18.4 Å². The third kappa shape index (κ3) is 4.39. The second-order valence-electron chi connectivity index (χ2n) is 8.93. The number of aryl methyl sites for hydroxylation is 2. The van der Waals surface area contributed by atoms with E-state index in [-0.39, 0.29) is 0 Å². The Bertz CT molecular complexity index is 1140. The molecule has 1 atom stereocenters. The summed E-state index contributed by atoms with van der Waals surface area (Å²) in [5, 5.41) is 8.41. The lowest BCUT2D eigenvalue weighted by Crippen LogP contribution is -2.48. The summed E-state index contributed by atoms with van der Waals surface area (Å²) in [5.74, 6) is 1.67. The molecule has 1 aromatic carbocycles. The lowest BCUT2D eigenvalue weighted by atomic mass is 9.99. The van der Waals surface area contributed by atoms with E-state index in [4.69, 9.17) is 19.0 Å². The Morgan fingerprint density at radius 1 is 1.12 bits per heavy atom. The Morgan fingerprint density at radius 2 is 1.94 bits per heavy atom. The number of halogens is 1. The van der Waals surface area contributed by atoms with Crippen molar-refractivity contribution in [3.05, 3.63) is 29.3 Å². The summed E-state index contributed by atoms with van der Waals surface area (Å²) < 4.78 is 31.4. The van der Waals surface area contributed by atoms with Crippen LogP contribution in [-0.4, -0.2) is 60.6 Å². The van der Waals surface area contributed by atoms with Crippen molar-refractivity contribution in [1.29, 1.82) is 0 Å². The van der Waals surface area contributed by atoms with Gasteiger partial charge < -0.3 is 24.2 Å². The van der Waals surface area contributed by atoms with Crippen LogP contribution < -0.4 is 15.0 Å². The van der Waals surface area contributed by atoms with Crippen molar-refractivity contribution in [1.82, 2.24) is 20.4 Å². The average molecular weight is 456 g/mol. The van der Waals surface area contributed by atoms with E-state index in [0.29, 0.717) is 46.3 Å². The first-order chi connectivity index (χ1) is 16.0. The maximum atomic E-state index is 15.0. The number of hydrogen-bond donors (Lipinski definition) is 1. The molecule has 2 aliphatic rings. The minimum absolute atomic E-state index is 0.322. The molecule has 0 radical (unpaired) electrons. The lowest BCUT2D eigenvalue weighted by molar-refractivity contribution is 0.0650. The molecule has 2 fully saturated rings. The Labute approximate surface area is 192 Å². The molecule has 176 valence electrons. The third-order valence-electron chi connectivity index (χ3n) is 6.66. The van der Waals surface area contributed by atoms with E-state index >= 15 is 0 Å². The molecule has 33 heavy (non-hydrogen) atoms. The van der Waals surface area contributed by atoms with Gasteiger partial charge >= 0.3 is 0 Å². The van der Waals surface area contributed by atoms with E-state index in [2.05, 4.69) is 20.4 Å². The highest BCUT2D eigenvalue weighted by Crippen LogP contribution is 2.38. The summed E-state index contributed by atoms with van der Waals surface area (Å²) in [6.07, 6.45) is 4.22. The van der Waals surface area contributed by atoms with Crippen molar-refractivity contribution in [3.63, 3.8) is 0 Å². The Hall–Kier alpha value is -2.78. The van der Waals surface area contributed by atoms with E-state index in [0.717, 1.165) is 63.1 Å². The first-order valence-corrected chi connectivity index (χ1v) is 11.6. The van der Waals surface area contributed by atoms with Crippen LogP contribution in [0.2, 0.25) is 0 Å². The highest BCUT2D eigenvalue weighted by Gasteiger charge is 2.29. The second kappa shape index (κ2) is 9.23. The zero-order valence-electron chi connectivity index (χ0n) is 19.4. The molecular formula is C24H30FN5O3. The van der Waals surface area contributed by atoms with Gasteiger partial charge in [-0.15, -0.1) is 0 Å². The number of nitrogens with zero attached hydrogens (tertiary/aromatic N) is 4. The summed E-state index contributed by atoms with van der Waals surface area (Å²) >= 11 is 0. The monoisotopic (exact) mass is 455 g/mol. The number of nitrogens with one attached hydrogen (secondary N) is 1. The summed E-state index contributed by atoms with van der Waals surface area (Å²) in [4.78, 5) is 11.5. The molecule has 0 unspecified atom stereocenters. The zero-order valence-corrected chi connectivity index (χ0v) is 19.4. The van der Waals surface area contributed by atoms with Gasteiger partial charge in [-0.25, -0.2) is 9.37 Å². The number of rotatable bonds is 5. The average Bonchev–Trinajstić information content (AvgIpc) is 3.26. The molecule has 4 heterocycles. The maximum absolute atomic E-state index is 15.0. The van der Waals surface area contributed by atoms with Gasteiger partial charge in [0, 0.05) is 43.2 Å². The van der Waals surface area contributed by atoms with Crippen molar-refractivity contribution in [3.8, 4) is 17.2 Å². The number of anilines is 1. The molecule has 0 bridgehead atoms. The molecule has 8 nitrogen and oxygen atoms in total. The molecule has 0 saturated carbocycles. The van der Waals surface area contributed by atoms with E-state index in [1.807, 2.05) is 6.92 Å². The van der Waals surface area contributed by atoms with Crippen LogP contribution >= 0.6 is 0 Å². The SMILES string of the molecule is COc1cc(F)c2nc(N3CCC(N[C@@H]4CCCOC4)CC3)c(-c3nc(C)no3)c(C)c2c1. The number of methoxy groups -OCH3 is 1. The van der Waals surface area contributed by atoms with Gasteiger partial charge in [-0.1, -0.05) is 5.16 Å². The maximum Gasteiger partial charge on any atom is 0.261 e. The van der Waals surface area contributed by atoms with E-state index in [1.165, 1.54) is 13.2 Å². The summed E-state index contributed by atoms with van der Waals surface area (Å²) in [5.41, 5.74) is 1.92. The summed E-state index contributed by atoms with van der Waals surface area (Å²) in [6.45, 7) is 6.99. The molecule has 1 N–H and O–H groups in total. The van der Waals surface area contributed by atoms with Crippen LogP contribution in [0.1, 0.15) is 37.1 Å². The van der Waals surface area contributed by atoms with E-state index in [1.54, 1.807) is 13.0 Å². The Balaban J connectivity index is 1.48. The molecule has 2 aromatic heterocycles. The highest BCUT2D eigenvalue weighted by molar-refractivity contribution is 5.93. The first-order valence-electron chi connectivity index (χ1n) is 11.6. The normalized spacial score (nSPS) is 19.9. The van der Waals surface area contributed by atoms with Crippen LogP contribution in [0, 0.1) is 19.7 Å². The first kappa shape index (κ1) is 22.0. The highest BCUT2D eigenvalue weighted by atomic mass is 19.1. The van der Waals surface area contributed by atoms with Gasteiger partial charge in [-0.05, 0) is 51.2 Å². The van der Waals surface area contributed by atoms with E-state index in [9.17, 15) is 4.39 Å². The third-order valence-corrected chi connectivity index (χ3v) is 6.66. The number of piperidine rings is 1. The quantitative estimate of drug-likeness (QED) is 0.622. The minimum Gasteiger partial charge on any atom is -0.497 e. The number of pyridine rings is 1. The fourth-order valence-electron chi connectivity index (χ4n) is 4.90. The largest absolute Gasteiger partial charge is 0.497 e. The smallest absolute Gasteiger partial charge is 0.261 e. The number of fused-ring (bicyclic) bond motifs is 1. The molecular weight excluding hydrogens is 425 g/mol. The molecule has 2 saturated heterocycles. The van der Waals surface area contributed by atoms with Crippen LogP contribution in [0.15, 0.2) is 16.7 Å². The van der Waals surface area contributed by atoms with E-state index < -0.39 is 5.82 Å². The second-order valence-corrected chi connectivity index (χ2v) is 8.93. The summed E-state index contributed by atoms with van der Waals surface area (Å²) in [6, 6.07) is 4.04. The Kier molecular flexibility index (Phi) is 6.16. The molecule has 5 rings (SSSR count). The van der Waals surface area contributed by atoms with Gasteiger partial charge in [0.2, 0.25) is 0 Å². The molecule has 0 amide bonds. The van der Waals surface area contributed by atoms with Crippen molar-refractivity contribution in [2.24, 2.45) is 0 Å². The Morgan fingerprint density at radius 3 is 2.61 bits per heavy atom. The number of benzene rings is 1. The molecule has 2 aliphatic heterocycles. The minimum atomic E-state index is -0.407. The number of aromatic nitrogens is 3. The number of ether oxygens (including phenoxy) is 2. The fraction of sp³-hybridized carbons (Fsp3) is 0.542. The molecule has 0 spiro atoms. The van der Waals surface area contributed by atoms with Crippen LogP contribution in [0.5, 0.6) is 5.75 Å². The van der Waals surface area contributed by atoms with Crippen LogP contribution in [0.4, 0.5) is 10.2 Å². The molecule has 9 heteroatoms. The molecule has 3 aromatic rings.